The third kappa shape index (κ3) is 3.26. The molecule has 0 aliphatic heterocycles. The molecule has 1 aromatic rings. The van der Waals surface area contributed by atoms with Crippen molar-refractivity contribution in [1.82, 2.24) is 0 Å². The van der Waals surface area contributed by atoms with Crippen LogP contribution in [0.2, 0.25) is 0 Å². The van der Waals surface area contributed by atoms with Crippen LogP contribution in [0, 0.1) is 6.07 Å². The molecular formula is C10H9O4. The summed E-state index contributed by atoms with van der Waals surface area (Å²) in [5, 5.41) is 0. The standard InChI is InChI=1S/C10H9O4/c1-7(11)13-9-4-3-5-10(6-9)14-8(2)12/h3-4,6H,1-2H3. The molecule has 4 heteroatoms. The van der Waals surface area contributed by atoms with Gasteiger partial charge in [-0.3, -0.25) is 9.59 Å². The van der Waals surface area contributed by atoms with Crippen LogP contribution in [0.15, 0.2) is 18.2 Å². The average Bonchev–Trinajstić information content (AvgIpc) is 2.01. The van der Waals surface area contributed by atoms with Gasteiger partial charge in [-0.15, -0.1) is 0 Å². The minimum Gasteiger partial charge on any atom is -0.427 e. The topological polar surface area (TPSA) is 52.6 Å². The van der Waals surface area contributed by atoms with Crippen molar-refractivity contribution in [3.05, 3.63) is 24.3 Å². The van der Waals surface area contributed by atoms with Gasteiger partial charge in [-0.25, -0.2) is 0 Å². The largest absolute Gasteiger partial charge is 0.427 e. The maximum atomic E-state index is 10.6. The number of carbonyl (C=O) groups is 2. The van der Waals surface area contributed by atoms with Gasteiger partial charge in [0.15, 0.2) is 0 Å². The van der Waals surface area contributed by atoms with Gasteiger partial charge in [-0.1, -0.05) is 0 Å². The highest BCUT2D eigenvalue weighted by Crippen LogP contribution is 2.18. The summed E-state index contributed by atoms with van der Waals surface area (Å²) in [6, 6.07) is 7.16. The first-order chi connectivity index (χ1) is 6.58. The van der Waals surface area contributed by atoms with Crippen molar-refractivity contribution in [2.24, 2.45) is 0 Å². The number of carbonyl (C=O) groups excluding carboxylic acids is 2. The summed E-state index contributed by atoms with van der Waals surface area (Å²) in [6.07, 6.45) is 0. The Morgan fingerprint density at radius 2 is 1.86 bits per heavy atom. The molecular weight excluding hydrogens is 184 g/mol. The zero-order chi connectivity index (χ0) is 10.6. The molecule has 1 aromatic carbocycles. The Balaban J connectivity index is 2.78. The van der Waals surface area contributed by atoms with Gasteiger partial charge in [-0.2, -0.15) is 0 Å². The number of ether oxygens (including phenoxy) is 2. The highest BCUT2D eigenvalue weighted by molar-refractivity contribution is 5.71. The first kappa shape index (κ1) is 10.2. The molecule has 0 aliphatic carbocycles. The second-order valence-corrected chi connectivity index (χ2v) is 2.58. The molecule has 0 bridgehead atoms. The zero-order valence-corrected chi connectivity index (χ0v) is 7.87. The van der Waals surface area contributed by atoms with Gasteiger partial charge in [0, 0.05) is 26.0 Å². The fraction of sp³-hybridized carbons (Fsp3) is 0.200. The van der Waals surface area contributed by atoms with Crippen LogP contribution in [0.3, 0.4) is 0 Å². The van der Waals surface area contributed by atoms with Gasteiger partial charge >= 0.3 is 11.9 Å². The number of hydrogen-bond donors (Lipinski definition) is 0. The Morgan fingerprint density at radius 1 is 1.21 bits per heavy atom. The average molecular weight is 193 g/mol. The van der Waals surface area contributed by atoms with E-state index in [-0.39, 0.29) is 5.75 Å². The second-order valence-electron chi connectivity index (χ2n) is 2.58. The number of hydrogen-bond acceptors (Lipinski definition) is 4. The molecule has 1 rings (SSSR count). The van der Waals surface area contributed by atoms with E-state index in [0.29, 0.717) is 5.75 Å². The highest BCUT2D eigenvalue weighted by Gasteiger charge is 2.02. The third-order valence-electron chi connectivity index (χ3n) is 1.26. The molecule has 0 unspecified atom stereocenters. The maximum absolute atomic E-state index is 10.6. The molecule has 0 fully saturated rings. The monoisotopic (exact) mass is 193 g/mol. The second kappa shape index (κ2) is 4.41. The van der Waals surface area contributed by atoms with Crippen molar-refractivity contribution in [2.45, 2.75) is 13.8 Å². The molecule has 14 heavy (non-hydrogen) atoms. The van der Waals surface area contributed by atoms with E-state index in [0.717, 1.165) is 0 Å². The summed E-state index contributed by atoms with van der Waals surface area (Å²) in [5.74, 6) is -0.310. The van der Waals surface area contributed by atoms with Crippen LogP contribution in [0.5, 0.6) is 11.5 Å². The van der Waals surface area contributed by atoms with Gasteiger partial charge < -0.3 is 9.47 Å². The van der Waals surface area contributed by atoms with Crippen LogP contribution in [-0.2, 0) is 9.59 Å². The summed E-state index contributed by atoms with van der Waals surface area (Å²) in [7, 11) is 0. The van der Waals surface area contributed by atoms with E-state index in [1.54, 1.807) is 6.07 Å². The molecule has 0 atom stereocenters. The van der Waals surface area contributed by atoms with Crippen molar-refractivity contribution >= 4 is 11.9 Å². The SMILES string of the molecule is CC(=O)Oc1[c]ccc(OC(C)=O)c1. The molecule has 0 saturated carbocycles. The predicted molar refractivity (Wildman–Crippen MR) is 47.9 cm³/mol. The first-order valence-electron chi connectivity index (χ1n) is 3.96. The van der Waals surface area contributed by atoms with E-state index in [9.17, 15) is 9.59 Å². The van der Waals surface area contributed by atoms with Gasteiger partial charge in [0.1, 0.15) is 11.5 Å². The third-order valence-corrected chi connectivity index (χ3v) is 1.26. The lowest BCUT2D eigenvalue weighted by atomic mass is 10.3. The van der Waals surface area contributed by atoms with Crippen molar-refractivity contribution < 1.29 is 19.1 Å². The quantitative estimate of drug-likeness (QED) is 0.525. The van der Waals surface area contributed by atoms with Crippen molar-refractivity contribution in [1.29, 1.82) is 0 Å². The van der Waals surface area contributed by atoms with E-state index in [1.807, 2.05) is 0 Å². The molecule has 0 amide bonds. The highest BCUT2D eigenvalue weighted by atomic mass is 16.5. The maximum Gasteiger partial charge on any atom is 0.308 e. The minimum atomic E-state index is -0.443. The number of rotatable bonds is 2. The van der Waals surface area contributed by atoms with Crippen LogP contribution in [0.4, 0.5) is 0 Å². The van der Waals surface area contributed by atoms with Crippen molar-refractivity contribution in [3.8, 4) is 11.5 Å². The Labute approximate surface area is 81.4 Å². The molecule has 1 radical (unpaired) electrons. The van der Waals surface area contributed by atoms with E-state index in [4.69, 9.17) is 9.47 Å². The van der Waals surface area contributed by atoms with Gasteiger partial charge in [-0.05, 0) is 12.1 Å². The molecule has 0 heterocycles. The zero-order valence-electron chi connectivity index (χ0n) is 7.87. The lowest BCUT2D eigenvalue weighted by Crippen LogP contribution is -2.03. The van der Waals surface area contributed by atoms with Crippen LogP contribution in [0.25, 0.3) is 0 Å². The Kier molecular flexibility index (Phi) is 3.23. The summed E-state index contributed by atoms with van der Waals surface area (Å²) in [5.41, 5.74) is 0. The van der Waals surface area contributed by atoms with E-state index < -0.39 is 11.9 Å². The van der Waals surface area contributed by atoms with Crippen molar-refractivity contribution in [3.63, 3.8) is 0 Å². The summed E-state index contributed by atoms with van der Waals surface area (Å²) in [4.78, 5) is 21.2. The molecule has 4 nitrogen and oxygen atoms in total. The van der Waals surface area contributed by atoms with Gasteiger partial charge in [0.05, 0.1) is 0 Å². The van der Waals surface area contributed by atoms with E-state index >= 15 is 0 Å². The minimum absolute atomic E-state index is 0.233. The number of benzene rings is 1. The smallest absolute Gasteiger partial charge is 0.308 e. The van der Waals surface area contributed by atoms with Crippen LogP contribution < -0.4 is 9.47 Å². The normalized spacial score (nSPS) is 9.29. The molecule has 0 N–H and O–H groups in total. The van der Waals surface area contributed by atoms with Crippen LogP contribution >= 0.6 is 0 Å². The Morgan fingerprint density at radius 3 is 2.43 bits per heavy atom. The summed E-state index contributed by atoms with van der Waals surface area (Å²) >= 11 is 0. The first-order valence-corrected chi connectivity index (χ1v) is 3.96. The summed E-state index contributed by atoms with van der Waals surface area (Å²) < 4.78 is 9.54. The van der Waals surface area contributed by atoms with Gasteiger partial charge in [0.2, 0.25) is 0 Å². The fourth-order valence-electron chi connectivity index (χ4n) is 0.868. The van der Waals surface area contributed by atoms with Crippen LogP contribution in [0.1, 0.15) is 13.8 Å². The lowest BCUT2D eigenvalue weighted by molar-refractivity contribution is -0.132. The number of esters is 2. The summed E-state index contributed by atoms with van der Waals surface area (Å²) in [6.45, 7) is 2.58. The van der Waals surface area contributed by atoms with E-state index in [1.165, 1.54) is 26.0 Å². The Hall–Kier alpha value is -1.84. The van der Waals surface area contributed by atoms with Gasteiger partial charge in [0.25, 0.3) is 0 Å². The predicted octanol–water partition coefficient (Wildman–Crippen LogP) is 1.34. The fourth-order valence-corrected chi connectivity index (χ4v) is 0.868. The molecule has 0 aliphatic rings. The molecule has 73 valence electrons. The molecule has 0 saturated heterocycles. The van der Waals surface area contributed by atoms with Crippen LogP contribution in [-0.4, -0.2) is 11.9 Å². The Bertz CT molecular complexity index is 326. The van der Waals surface area contributed by atoms with E-state index in [2.05, 4.69) is 6.07 Å². The molecule has 0 spiro atoms. The lowest BCUT2D eigenvalue weighted by Gasteiger charge is -2.03. The molecule has 0 aromatic heterocycles. The van der Waals surface area contributed by atoms with Crippen molar-refractivity contribution in [2.75, 3.05) is 0 Å².